The lowest BCUT2D eigenvalue weighted by Gasteiger charge is -2.14. The van der Waals surface area contributed by atoms with Crippen molar-refractivity contribution < 1.29 is 17.9 Å². The number of nitrogens with one attached hydrogen (secondary N) is 2. The van der Waals surface area contributed by atoms with Crippen molar-refractivity contribution in [2.24, 2.45) is 0 Å². The van der Waals surface area contributed by atoms with Crippen LogP contribution in [0, 0.1) is 13.8 Å². The van der Waals surface area contributed by atoms with Crippen molar-refractivity contribution in [1.82, 2.24) is 0 Å². The second kappa shape index (κ2) is 9.41. The molecular weight excluding hydrogens is 436 g/mol. The van der Waals surface area contributed by atoms with E-state index in [1.165, 1.54) is 12.1 Å². The zero-order valence-corrected chi connectivity index (χ0v) is 19.0. The molecule has 8 heteroatoms. The van der Waals surface area contributed by atoms with Crippen LogP contribution in [0.1, 0.15) is 16.7 Å². The van der Waals surface area contributed by atoms with E-state index in [0.29, 0.717) is 17.1 Å². The lowest BCUT2D eigenvalue weighted by molar-refractivity contribution is -0.115. The highest BCUT2D eigenvalue weighted by atomic mass is 35.5. The average molecular weight is 459 g/mol. The highest BCUT2D eigenvalue weighted by molar-refractivity contribution is 7.92. The van der Waals surface area contributed by atoms with Gasteiger partial charge in [0.15, 0.2) is 0 Å². The Morgan fingerprint density at radius 1 is 1.03 bits per heavy atom. The van der Waals surface area contributed by atoms with Crippen molar-refractivity contribution in [3.8, 4) is 5.75 Å². The van der Waals surface area contributed by atoms with E-state index >= 15 is 0 Å². The minimum Gasteiger partial charge on any atom is -0.497 e. The van der Waals surface area contributed by atoms with Gasteiger partial charge in [0.25, 0.3) is 10.0 Å². The molecule has 2 N–H and O–H groups in total. The van der Waals surface area contributed by atoms with Crippen LogP contribution in [0.4, 0.5) is 11.4 Å². The van der Waals surface area contributed by atoms with Crippen molar-refractivity contribution in [2.45, 2.75) is 25.2 Å². The number of sulfonamides is 1. The standard InChI is InChI=1S/C23H23ClN2O4S/c1-15-7-10-21(16(2)11-15)26-31(28,29)22-14-18(8-9-20(22)24)25-23(27)13-17-5-4-6-19(12-17)30-3/h4-12,14,26H,13H2,1-3H3,(H,25,27). The maximum Gasteiger partial charge on any atom is 0.263 e. The summed E-state index contributed by atoms with van der Waals surface area (Å²) in [6.07, 6.45) is 0.114. The molecule has 0 saturated carbocycles. The third kappa shape index (κ3) is 5.77. The van der Waals surface area contributed by atoms with Crippen LogP contribution in [-0.4, -0.2) is 21.4 Å². The van der Waals surface area contributed by atoms with E-state index in [2.05, 4.69) is 10.0 Å². The van der Waals surface area contributed by atoms with Crippen LogP contribution >= 0.6 is 11.6 Å². The number of hydrogen-bond donors (Lipinski definition) is 2. The molecule has 0 heterocycles. The Hall–Kier alpha value is -3.03. The van der Waals surface area contributed by atoms with Crippen molar-refractivity contribution in [3.63, 3.8) is 0 Å². The number of carbonyl (C=O) groups is 1. The molecule has 0 aliphatic heterocycles. The Labute approximate surface area is 187 Å². The quantitative estimate of drug-likeness (QED) is 0.524. The first kappa shape index (κ1) is 22.7. The minimum atomic E-state index is -3.96. The normalized spacial score (nSPS) is 11.1. The van der Waals surface area contributed by atoms with Crippen LogP contribution in [0.25, 0.3) is 0 Å². The van der Waals surface area contributed by atoms with Crippen LogP contribution in [0.5, 0.6) is 5.75 Å². The SMILES string of the molecule is COc1cccc(CC(=O)Nc2ccc(Cl)c(S(=O)(=O)Nc3ccc(C)cc3C)c2)c1. The summed E-state index contributed by atoms with van der Waals surface area (Å²) in [6.45, 7) is 3.75. The summed E-state index contributed by atoms with van der Waals surface area (Å²) in [6, 6.07) is 16.9. The van der Waals surface area contributed by atoms with Crippen molar-refractivity contribution in [1.29, 1.82) is 0 Å². The van der Waals surface area contributed by atoms with Crippen molar-refractivity contribution in [2.75, 3.05) is 17.1 Å². The minimum absolute atomic E-state index is 0.0584. The molecule has 6 nitrogen and oxygen atoms in total. The van der Waals surface area contributed by atoms with Crippen molar-refractivity contribution >= 4 is 38.9 Å². The number of rotatable bonds is 7. The summed E-state index contributed by atoms with van der Waals surface area (Å²) in [5, 5.41) is 2.78. The largest absolute Gasteiger partial charge is 0.497 e. The molecule has 3 aromatic carbocycles. The Balaban J connectivity index is 1.79. The first-order valence-corrected chi connectivity index (χ1v) is 11.4. The number of halogens is 1. The molecule has 0 spiro atoms. The van der Waals surface area contributed by atoms with E-state index in [4.69, 9.17) is 16.3 Å². The molecular formula is C23H23ClN2O4S. The third-order valence-electron chi connectivity index (χ3n) is 4.63. The molecule has 0 aliphatic carbocycles. The van der Waals surface area contributed by atoms with Crippen LogP contribution in [0.3, 0.4) is 0 Å². The average Bonchev–Trinajstić information content (AvgIpc) is 2.71. The van der Waals surface area contributed by atoms with E-state index in [1.54, 1.807) is 37.4 Å². The highest BCUT2D eigenvalue weighted by Gasteiger charge is 2.20. The predicted molar refractivity (Wildman–Crippen MR) is 124 cm³/mol. The lowest BCUT2D eigenvalue weighted by atomic mass is 10.1. The predicted octanol–water partition coefficient (Wildman–Crippen LogP) is 4.95. The van der Waals surface area contributed by atoms with Gasteiger partial charge in [0.1, 0.15) is 10.6 Å². The van der Waals surface area contributed by atoms with E-state index in [-0.39, 0.29) is 22.2 Å². The number of amides is 1. The van der Waals surface area contributed by atoms with Gasteiger partial charge in [-0.05, 0) is 61.4 Å². The fourth-order valence-electron chi connectivity index (χ4n) is 3.09. The second-order valence-electron chi connectivity index (χ2n) is 7.15. The zero-order chi connectivity index (χ0) is 22.6. The van der Waals surface area contributed by atoms with Gasteiger partial charge in [-0.2, -0.15) is 0 Å². The topological polar surface area (TPSA) is 84.5 Å². The molecule has 0 unspecified atom stereocenters. The molecule has 0 atom stereocenters. The Kier molecular flexibility index (Phi) is 6.87. The van der Waals surface area contributed by atoms with Gasteiger partial charge in [0, 0.05) is 5.69 Å². The second-order valence-corrected chi connectivity index (χ2v) is 9.20. The van der Waals surface area contributed by atoms with Crippen LogP contribution in [-0.2, 0) is 21.2 Å². The fourth-order valence-corrected chi connectivity index (χ4v) is 4.75. The first-order chi connectivity index (χ1) is 14.7. The van der Waals surface area contributed by atoms with E-state index in [9.17, 15) is 13.2 Å². The first-order valence-electron chi connectivity index (χ1n) is 9.50. The number of hydrogen-bond acceptors (Lipinski definition) is 4. The van der Waals surface area contributed by atoms with Gasteiger partial charge in [0.2, 0.25) is 5.91 Å². The summed E-state index contributed by atoms with van der Waals surface area (Å²) in [4.78, 5) is 12.3. The maximum atomic E-state index is 12.9. The Morgan fingerprint density at radius 3 is 2.52 bits per heavy atom. The summed E-state index contributed by atoms with van der Waals surface area (Å²) >= 11 is 6.17. The number of aryl methyl sites for hydroxylation is 2. The van der Waals surface area contributed by atoms with Crippen LogP contribution in [0.15, 0.2) is 65.6 Å². The maximum absolute atomic E-state index is 12.9. The molecule has 3 aromatic rings. The molecule has 0 saturated heterocycles. The number of benzene rings is 3. The third-order valence-corrected chi connectivity index (χ3v) is 6.48. The fraction of sp³-hybridized carbons (Fsp3) is 0.174. The molecule has 162 valence electrons. The summed E-state index contributed by atoms with van der Waals surface area (Å²) in [5.74, 6) is 0.365. The van der Waals surface area contributed by atoms with E-state index < -0.39 is 10.0 Å². The zero-order valence-electron chi connectivity index (χ0n) is 17.4. The van der Waals surface area contributed by atoms with Gasteiger partial charge < -0.3 is 10.1 Å². The van der Waals surface area contributed by atoms with E-state index in [0.717, 1.165) is 16.7 Å². The molecule has 1 amide bonds. The number of carbonyl (C=O) groups excluding carboxylic acids is 1. The Morgan fingerprint density at radius 2 is 1.81 bits per heavy atom. The molecule has 0 fully saturated rings. The lowest BCUT2D eigenvalue weighted by Crippen LogP contribution is -2.17. The van der Waals surface area contributed by atoms with Crippen LogP contribution < -0.4 is 14.8 Å². The summed E-state index contributed by atoms with van der Waals surface area (Å²) in [7, 11) is -2.40. The van der Waals surface area contributed by atoms with Crippen molar-refractivity contribution in [3.05, 3.63) is 82.4 Å². The van der Waals surface area contributed by atoms with Crippen LogP contribution in [0.2, 0.25) is 5.02 Å². The number of anilines is 2. The molecule has 0 radical (unpaired) electrons. The van der Waals surface area contributed by atoms with Gasteiger partial charge in [0.05, 0.1) is 24.2 Å². The van der Waals surface area contributed by atoms with Gasteiger partial charge in [-0.3, -0.25) is 9.52 Å². The molecule has 0 bridgehead atoms. The van der Waals surface area contributed by atoms with E-state index in [1.807, 2.05) is 32.0 Å². The van der Waals surface area contributed by atoms with Gasteiger partial charge in [-0.1, -0.05) is 41.4 Å². The number of ether oxygens (including phenoxy) is 1. The summed E-state index contributed by atoms with van der Waals surface area (Å²) < 4.78 is 33.6. The number of methoxy groups -OCH3 is 1. The molecule has 31 heavy (non-hydrogen) atoms. The highest BCUT2D eigenvalue weighted by Crippen LogP contribution is 2.28. The van der Waals surface area contributed by atoms with Gasteiger partial charge >= 0.3 is 0 Å². The molecule has 0 aliphatic rings. The van der Waals surface area contributed by atoms with Gasteiger partial charge in [-0.15, -0.1) is 0 Å². The van der Waals surface area contributed by atoms with Gasteiger partial charge in [-0.25, -0.2) is 8.42 Å². The smallest absolute Gasteiger partial charge is 0.263 e. The summed E-state index contributed by atoms with van der Waals surface area (Å²) in [5.41, 5.74) is 3.39. The monoisotopic (exact) mass is 458 g/mol. The Bertz CT molecular complexity index is 1230. The molecule has 0 aromatic heterocycles. The molecule has 3 rings (SSSR count).